The van der Waals surface area contributed by atoms with E-state index in [4.69, 9.17) is 16.3 Å². The predicted molar refractivity (Wildman–Crippen MR) is 80.4 cm³/mol. The summed E-state index contributed by atoms with van der Waals surface area (Å²) in [5, 5.41) is 4.59. The molecule has 2 unspecified atom stereocenters. The van der Waals surface area contributed by atoms with Gasteiger partial charge in [0.05, 0.1) is 12.7 Å². The quantitative estimate of drug-likeness (QED) is 0.845. The van der Waals surface area contributed by atoms with Crippen LogP contribution in [-0.4, -0.2) is 24.4 Å². The topological polar surface area (TPSA) is 38.3 Å². The van der Waals surface area contributed by atoms with Crippen molar-refractivity contribution >= 4 is 33.4 Å². The number of amides is 1. The maximum absolute atomic E-state index is 12.3. The minimum atomic E-state index is -0.0913. The Hall–Kier alpha value is -0.740. The molecule has 104 valence electrons. The van der Waals surface area contributed by atoms with Crippen LogP contribution in [0, 0.1) is 5.92 Å². The minimum Gasteiger partial charge on any atom is -0.496 e. The zero-order valence-electron chi connectivity index (χ0n) is 10.8. The number of alkyl halides is 1. The molecule has 5 heteroatoms. The van der Waals surface area contributed by atoms with Crippen LogP contribution in [-0.2, 0) is 0 Å². The lowest BCUT2D eigenvalue weighted by molar-refractivity contribution is 0.0927. The molecule has 0 radical (unpaired) electrons. The summed E-state index contributed by atoms with van der Waals surface area (Å²) in [5.41, 5.74) is 0.534. The SMILES string of the molecule is COc1cc(Cl)ccc1C(=O)NC1CCCC1CBr. The number of carbonyl (C=O) groups is 1. The summed E-state index contributed by atoms with van der Waals surface area (Å²) in [6.45, 7) is 0. The molecule has 1 aliphatic rings. The normalized spacial score (nSPS) is 22.3. The lowest BCUT2D eigenvalue weighted by atomic mass is 10.1. The third kappa shape index (κ3) is 3.42. The molecule has 1 aromatic carbocycles. The highest BCUT2D eigenvalue weighted by Gasteiger charge is 2.28. The molecule has 1 aromatic rings. The Kier molecular flexibility index (Phi) is 5.11. The van der Waals surface area contributed by atoms with Crippen molar-refractivity contribution in [2.45, 2.75) is 25.3 Å². The molecule has 19 heavy (non-hydrogen) atoms. The van der Waals surface area contributed by atoms with Gasteiger partial charge in [-0.25, -0.2) is 0 Å². The van der Waals surface area contributed by atoms with Gasteiger partial charge in [-0.3, -0.25) is 4.79 Å². The molecule has 2 rings (SSSR count). The van der Waals surface area contributed by atoms with Gasteiger partial charge in [0.25, 0.3) is 5.91 Å². The number of hydrogen-bond acceptors (Lipinski definition) is 2. The summed E-state index contributed by atoms with van der Waals surface area (Å²) in [6.07, 6.45) is 3.37. The van der Waals surface area contributed by atoms with E-state index >= 15 is 0 Å². The van der Waals surface area contributed by atoms with Crippen molar-refractivity contribution in [3.63, 3.8) is 0 Å². The third-order valence-corrected chi connectivity index (χ3v) is 4.65. The van der Waals surface area contributed by atoms with Crippen molar-refractivity contribution in [1.29, 1.82) is 0 Å². The zero-order chi connectivity index (χ0) is 13.8. The number of nitrogens with one attached hydrogen (secondary N) is 1. The van der Waals surface area contributed by atoms with Crippen molar-refractivity contribution in [3.8, 4) is 5.75 Å². The highest BCUT2D eigenvalue weighted by atomic mass is 79.9. The van der Waals surface area contributed by atoms with Crippen LogP contribution < -0.4 is 10.1 Å². The summed E-state index contributed by atoms with van der Waals surface area (Å²) in [6, 6.07) is 5.31. The molecule has 0 spiro atoms. The Labute approximate surface area is 126 Å². The molecule has 1 aliphatic carbocycles. The lowest BCUT2D eigenvalue weighted by Crippen LogP contribution is -2.38. The van der Waals surface area contributed by atoms with Gasteiger partial charge in [0.1, 0.15) is 5.75 Å². The van der Waals surface area contributed by atoms with Crippen molar-refractivity contribution < 1.29 is 9.53 Å². The first-order valence-electron chi connectivity index (χ1n) is 6.36. The first kappa shape index (κ1) is 14.7. The van der Waals surface area contributed by atoms with Crippen molar-refractivity contribution in [3.05, 3.63) is 28.8 Å². The Bertz CT molecular complexity index is 467. The number of benzene rings is 1. The number of ether oxygens (including phenoxy) is 1. The monoisotopic (exact) mass is 345 g/mol. The fourth-order valence-corrected chi connectivity index (χ4v) is 3.45. The summed E-state index contributed by atoms with van der Waals surface area (Å²) in [4.78, 5) is 12.3. The number of hydrogen-bond donors (Lipinski definition) is 1. The fraction of sp³-hybridized carbons (Fsp3) is 0.500. The van der Waals surface area contributed by atoms with Gasteiger partial charge in [-0.05, 0) is 37.0 Å². The van der Waals surface area contributed by atoms with E-state index in [1.807, 2.05) is 0 Å². The van der Waals surface area contributed by atoms with Gasteiger partial charge in [0.2, 0.25) is 0 Å². The van der Waals surface area contributed by atoms with Crippen LogP contribution in [0.2, 0.25) is 5.02 Å². The average molecular weight is 347 g/mol. The first-order chi connectivity index (χ1) is 9.15. The second-order valence-electron chi connectivity index (χ2n) is 4.77. The van der Waals surface area contributed by atoms with Gasteiger partial charge in [-0.15, -0.1) is 0 Å². The molecular formula is C14H17BrClNO2. The Morgan fingerprint density at radius 1 is 1.53 bits per heavy atom. The second-order valence-corrected chi connectivity index (χ2v) is 5.85. The molecule has 1 amide bonds. The van der Waals surface area contributed by atoms with E-state index in [1.165, 1.54) is 6.42 Å². The molecule has 0 aromatic heterocycles. The fourth-order valence-electron chi connectivity index (χ4n) is 2.51. The molecule has 1 fully saturated rings. The number of carbonyl (C=O) groups excluding carboxylic acids is 1. The molecular weight excluding hydrogens is 330 g/mol. The average Bonchev–Trinajstić information content (AvgIpc) is 2.85. The molecule has 3 nitrogen and oxygen atoms in total. The number of rotatable bonds is 4. The minimum absolute atomic E-state index is 0.0913. The number of methoxy groups -OCH3 is 1. The van der Waals surface area contributed by atoms with E-state index in [0.29, 0.717) is 22.3 Å². The summed E-state index contributed by atoms with van der Waals surface area (Å²) in [5.74, 6) is 0.937. The van der Waals surface area contributed by atoms with Crippen LogP contribution in [0.5, 0.6) is 5.75 Å². The Morgan fingerprint density at radius 2 is 2.32 bits per heavy atom. The van der Waals surface area contributed by atoms with E-state index in [9.17, 15) is 4.79 Å². The lowest BCUT2D eigenvalue weighted by Gasteiger charge is -2.19. The van der Waals surface area contributed by atoms with Crippen LogP contribution in [0.15, 0.2) is 18.2 Å². The van der Waals surface area contributed by atoms with Gasteiger partial charge >= 0.3 is 0 Å². The van der Waals surface area contributed by atoms with Crippen LogP contribution in [0.1, 0.15) is 29.6 Å². The van der Waals surface area contributed by atoms with E-state index in [2.05, 4.69) is 21.2 Å². The van der Waals surface area contributed by atoms with E-state index in [-0.39, 0.29) is 11.9 Å². The Morgan fingerprint density at radius 3 is 3.00 bits per heavy atom. The van der Waals surface area contributed by atoms with E-state index in [1.54, 1.807) is 25.3 Å². The molecule has 0 bridgehead atoms. The highest BCUT2D eigenvalue weighted by molar-refractivity contribution is 9.09. The number of halogens is 2. The second kappa shape index (κ2) is 6.62. The smallest absolute Gasteiger partial charge is 0.255 e. The maximum Gasteiger partial charge on any atom is 0.255 e. The van der Waals surface area contributed by atoms with Gasteiger partial charge in [0.15, 0.2) is 0 Å². The Balaban J connectivity index is 2.11. The third-order valence-electron chi connectivity index (χ3n) is 3.58. The summed E-state index contributed by atoms with van der Waals surface area (Å²) >= 11 is 9.41. The molecule has 0 heterocycles. The maximum atomic E-state index is 12.3. The van der Waals surface area contributed by atoms with Crippen molar-refractivity contribution in [1.82, 2.24) is 5.32 Å². The molecule has 0 saturated heterocycles. The van der Waals surface area contributed by atoms with Crippen LogP contribution >= 0.6 is 27.5 Å². The largest absolute Gasteiger partial charge is 0.496 e. The summed E-state index contributed by atoms with van der Waals surface area (Å²) in [7, 11) is 1.54. The van der Waals surface area contributed by atoms with Gasteiger partial charge in [-0.1, -0.05) is 34.0 Å². The zero-order valence-corrected chi connectivity index (χ0v) is 13.1. The molecule has 1 saturated carbocycles. The standard InChI is InChI=1S/C14H17BrClNO2/c1-19-13-7-10(16)5-6-11(13)14(18)17-12-4-2-3-9(12)8-15/h5-7,9,12H,2-4,8H2,1H3,(H,17,18). The van der Waals surface area contributed by atoms with Crippen molar-refractivity contribution in [2.24, 2.45) is 5.92 Å². The van der Waals surface area contributed by atoms with Crippen molar-refractivity contribution in [2.75, 3.05) is 12.4 Å². The van der Waals surface area contributed by atoms with E-state index < -0.39 is 0 Å². The van der Waals surface area contributed by atoms with Crippen LogP contribution in [0.4, 0.5) is 0 Å². The van der Waals surface area contributed by atoms with Crippen LogP contribution in [0.25, 0.3) is 0 Å². The van der Waals surface area contributed by atoms with Gasteiger partial charge in [-0.2, -0.15) is 0 Å². The predicted octanol–water partition coefficient (Wildman–Crippen LogP) is 3.64. The molecule has 1 N–H and O–H groups in total. The molecule has 0 aliphatic heterocycles. The molecule has 2 atom stereocenters. The first-order valence-corrected chi connectivity index (χ1v) is 7.86. The van der Waals surface area contributed by atoms with Crippen LogP contribution in [0.3, 0.4) is 0 Å². The summed E-state index contributed by atoms with van der Waals surface area (Å²) < 4.78 is 5.21. The van der Waals surface area contributed by atoms with Gasteiger partial charge < -0.3 is 10.1 Å². The highest BCUT2D eigenvalue weighted by Crippen LogP contribution is 2.28. The van der Waals surface area contributed by atoms with E-state index in [0.717, 1.165) is 18.2 Å². The van der Waals surface area contributed by atoms with Gasteiger partial charge in [0, 0.05) is 16.4 Å².